The van der Waals surface area contributed by atoms with Crippen LogP contribution < -0.4 is 10.5 Å². The predicted octanol–water partition coefficient (Wildman–Crippen LogP) is 1.02. The number of likely N-dealkylation sites (tertiary alicyclic amines) is 1. The summed E-state index contributed by atoms with van der Waals surface area (Å²) >= 11 is 0. The third kappa shape index (κ3) is 4.77. The van der Waals surface area contributed by atoms with Crippen molar-refractivity contribution in [3.05, 3.63) is 29.8 Å². The van der Waals surface area contributed by atoms with Crippen molar-refractivity contribution >= 4 is 11.8 Å². The molecule has 0 aliphatic carbocycles. The minimum absolute atomic E-state index is 0.0386. The Bertz CT molecular complexity index is 774. The Morgan fingerprint density at radius 1 is 1.37 bits per heavy atom. The van der Waals surface area contributed by atoms with Crippen molar-refractivity contribution < 1.29 is 24.2 Å². The van der Waals surface area contributed by atoms with E-state index in [4.69, 9.17) is 15.2 Å². The van der Waals surface area contributed by atoms with Gasteiger partial charge in [0.05, 0.1) is 18.2 Å². The highest BCUT2D eigenvalue weighted by atomic mass is 16.5. The highest BCUT2D eigenvalue weighted by Gasteiger charge is 2.50. The van der Waals surface area contributed by atoms with Crippen LogP contribution in [-0.2, 0) is 9.53 Å². The van der Waals surface area contributed by atoms with Gasteiger partial charge in [-0.05, 0) is 44.4 Å². The second-order valence-corrected chi connectivity index (χ2v) is 8.64. The maximum Gasteiger partial charge on any atom is 0.253 e. The van der Waals surface area contributed by atoms with Crippen LogP contribution in [0, 0.1) is 0 Å². The molecule has 1 aromatic carbocycles. The Morgan fingerprint density at radius 2 is 2.07 bits per heavy atom. The van der Waals surface area contributed by atoms with Gasteiger partial charge in [-0.3, -0.25) is 9.59 Å². The second-order valence-electron chi connectivity index (χ2n) is 8.64. The number of carbonyl (C=O) groups is 2. The molecule has 0 saturated carbocycles. The molecule has 2 aliphatic rings. The van der Waals surface area contributed by atoms with Crippen molar-refractivity contribution in [2.45, 2.75) is 50.4 Å². The molecule has 1 aromatic rings. The van der Waals surface area contributed by atoms with Gasteiger partial charge in [0.25, 0.3) is 5.91 Å². The molecule has 0 unspecified atom stereocenters. The summed E-state index contributed by atoms with van der Waals surface area (Å²) in [6.07, 6.45) is 1.89. The van der Waals surface area contributed by atoms with E-state index in [0.717, 1.165) is 0 Å². The first-order chi connectivity index (χ1) is 14.2. The van der Waals surface area contributed by atoms with Gasteiger partial charge < -0.3 is 30.1 Å². The smallest absolute Gasteiger partial charge is 0.253 e. The van der Waals surface area contributed by atoms with E-state index in [9.17, 15) is 14.7 Å². The minimum Gasteiger partial charge on any atom is -0.492 e. The molecule has 0 aromatic heterocycles. The van der Waals surface area contributed by atoms with Crippen LogP contribution in [0.5, 0.6) is 5.75 Å². The lowest BCUT2D eigenvalue weighted by atomic mass is 9.77. The number of piperidine rings is 1. The minimum atomic E-state index is -1.09. The van der Waals surface area contributed by atoms with Crippen molar-refractivity contribution in [2.75, 3.05) is 39.9 Å². The van der Waals surface area contributed by atoms with Gasteiger partial charge in [-0.1, -0.05) is 6.07 Å². The van der Waals surface area contributed by atoms with E-state index < -0.39 is 11.2 Å². The van der Waals surface area contributed by atoms with Crippen LogP contribution in [0.15, 0.2) is 24.3 Å². The van der Waals surface area contributed by atoms with Gasteiger partial charge in [0, 0.05) is 39.2 Å². The molecule has 2 saturated heterocycles. The number of likely N-dealkylation sites (N-methyl/N-ethyl adjacent to an activating group) is 1. The van der Waals surface area contributed by atoms with Gasteiger partial charge in [0.1, 0.15) is 18.0 Å². The summed E-state index contributed by atoms with van der Waals surface area (Å²) < 4.78 is 11.6. The lowest BCUT2D eigenvalue weighted by molar-refractivity contribution is -0.207. The summed E-state index contributed by atoms with van der Waals surface area (Å²) in [5, 5.41) is 10.7. The summed E-state index contributed by atoms with van der Waals surface area (Å²) in [5.74, 6) is 0.512. The van der Waals surface area contributed by atoms with Crippen LogP contribution in [0.4, 0.5) is 0 Å². The molecule has 2 fully saturated rings. The van der Waals surface area contributed by atoms with Crippen molar-refractivity contribution in [2.24, 2.45) is 5.73 Å². The molecular formula is C22H33N3O5. The average molecular weight is 420 g/mol. The van der Waals surface area contributed by atoms with Gasteiger partial charge in [-0.2, -0.15) is 0 Å². The number of benzene rings is 1. The zero-order chi connectivity index (χ0) is 21.9. The Balaban J connectivity index is 1.65. The third-order valence-electron chi connectivity index (χ3n) is 6.35. The third-order valence-corrected chi connectivity index (χ3v) is 6.35. The number of nitrogens with two attached hydrogens (primary N) is 1. The topological polar surface area (TPSA) is 105 Å². The van der Waals surface area contributed by atoms with Crippen molar-refractivity contribution in [3.8, 4) is 5.75 Å². The Labute approximate surface area is 177 Å². The van der Waals surface area contributed by atoms with Crippen LogP contribution in [0.2, 0.25) is 0 Å². The summed E-state index contributed by atoms with van der Waals surface area (Å²) in [6.45, 7) is 5.33. The van der Waals surface area contributed by atoms with Crippen molar-refractivity contribution in [1.82, 2.24) is 9.80 Å². The maximum atomic E-state index is 13.0. The Hall–Kier alpha value is -2.16. The van der Waals surface area contributed by atoms with Crippen LogP contribution >= 0.6 is 0 Å². The molecule has 3 rings (SSSR count). The molecule has 2 heterocycles. The molecule has 8 nitrogen and oxygen atoms in total. The van der Waals surface area contributed by atoms with E-state index in [1.54, 1.807) is 37.1 Å². The molecule has 3 N–H and O–H groups in total. The van der Waals surface area contributed by atoms with Gasteiger partial charge in [-0.15, -0.1) is 0 Å². The van der Waals surface area contributed by atoms with Crippen LogP contribution in [-0.4, -0.2) is 83.9 Å². The molecule has 2 amide bonds. The van der Waals surface area contributed by atoms with Gasteiger partial charge in [0.15, 0.2) is 0 Å². The fourth-order valence-electron chi connectivity index (χ4n) is 4.34. The van der Waals surface area contributed by atoms with E-state index in [0.29, 0.717) is 56.8 Å². The fourth-order valence-corrected chi connectivity index (χ4v) is 4.34. The number of aliphatic hydroxyl groups is 1. The lowest BCUT2D eigenvalue weighted by Gasteiger charge is -2.52. The molecule has 0 radical (unpaired) electrons. The molecule has 2 aliphatic heterocycles. The molecule has 1 spiro atoms. The summed E-state index contributed by atoms with van der Waals surface area (Å²) in [4.78, 5) is 28.3. The van der Waals surface area contributed by atoms with Crippen LogP contribution in [0.1, 0.15) is 43.5 Å². The maximum absolute atomic E-state index is 13.0. The number of rotatable bonds is 5. The lowest BCUT2D eigenvalue weighted by Crippen LogP contribution is -2.64. The molecular weight excluding hydrogens is 386 g/mol. The van der Waals surface area contributed by atoms with Crippen molar-refractivity contribution in [1.29, 1.82) is 0 Å². The first kappa shape index (κ1) is 22.5. The number of hydrogen-bond donors (Lipinski definition) is 2. The molecule has 30 heavy (non-hydrogen) atoms. The SMILES string of the molecule is CC(=O)N(C)[C@H]1CC2(CCN(C(=O)c3cccc(OCCN)c3)CC2)OC[C@]1(C)O. The van der Waals surface area contributed by atoms with Gasteiger partial charge in [-0.25, -0.2) is 0 Å². The van der Waals surface area contributed by atoms with Crippen LogP contribution in [0.3, 0.4) is 0 Å². The average Bonchev–Trinajstić information content (AvgIpc) is 2.74. The second kappa shape index (κ2) is 8.91. The zero-order valence-electron chi connectivity index (χ0n) is 18.1. The van der Waals surface area contributed by atoms with E-state index >= 15 is 0 Å². The molecule has 8 heteroatoms. The van der Waals surface area contributed by atoms with E-state index in [-0.39, 0.29) is 24.5 Å². The Morgan fingerprint density at radius 3 is 2.70 bits per heavy atom. The highest BCUT2D eigenvalue weighted by Crippen LogP contribution is 2.40. The number of hydrogen-bond acceptors (Lipinski definition) is 6. The summed E-state index contributed by atoms with van der Waals surface area (Å²) in [7, 11) is 1.72. The van der Waals surface area contributed by atoms with Gasteiger partial charge in [0.2, 0.25) is 5.91 Å². The largest absolute Gasteiger partial charge is 0.492 e. The summed E-state index contributed by atoms with van der Waals surface area (Å²) in [5.41, 5.74) is 4.53. The standard InChI is InChI=1S/C22H33N3O5/c1-16(26)24(3)19-14-22(30-15-21(19,2)28)7-10-25(11-8-22)20(27)17-5-4-6-18(13-17)29-12-9-23/h4-6,13,19,28H,7-12,14-15,23H2,1-3H3/t19-,21-/m0/s1. The van der Waals surface area contributed by atoms with E-state index in [2.05, 4.69) is 0 Å². The number of carbonyl (C=O) groups excluding carboxylic acids is 2. The molecule has 0 bridgehead atoms. The molecule has 166 valence electrons. The quantitative estimate of drug-likeness (QED) is 0.738. The predicted molar refractivity (Wildman–Crippen MR) is 112 cm³/mol. The number of amides is 2. The normalized spacial score (nSPS) is 25.8. The highest BCUT2D eigenvalue weighted by molar-refractivity contribution is 5.94. The molecule has 2 atom stereocenters. The number of ether oxygens (including phenoxy) is 2. The van der Waals surface area contributed by atoms with Gasteiger partial charge >= 0.3 is 0 Å². The Kier molecular flexibility index (Phi) is 6.69. The fraction of sp³-hybridized carbons (Fsp3) is 0.636. The summed E-state index contributed by atoms with van der Waals surface area (Å²) in [6, 6.07) is 6.83. The van der Waals surface area contributed by atoms with Crippen LogP contribution in [0.25, 0.3) is 0 Å². The zero-order valence-corrected chi connectivity index (χ0v) is 18.1. The first-order valence-electron chi connectivity index (χ1n) is 10.5. The van der Waals surface area contributed by atoms with E-state index in [1.165, 1.54) is 6.92 Å². The van der Waals surface area contributed by atoms with E-state index in [1.807, 2.05) is 11.0 Å². The number of nitrogens with zero attached hydrogens (tertiary/aromatic N) is 2. The first-order valence-corrected chi connectivity index (χ1v) is 10.5. The monoisotopic (exact) mass is 419 g/mol. The van der Waals surface area contributed by atoms with Crippen molar-refractivity contribution in [3.63, 3.8) is 0 Å².